The molecule has 1 atom stereocenters. The fourth-order valence-corrected chi connectivity index (χ4v) is 2.22. The van der Waals surface area contributed by atoms with Gasteiger partial charge < -0.3 is 5.11 Å². The molecule has 0 bridgehead atoms. The second kappa shape index (κ2) is 6.27. The highest BCUT2D eigenvalue weighted by atomic mass is 32.2. The largest absolute Gasteiger partial charge is 0.480 e. The molecule has 8 heteroatoms. The number of hydrogen-bond donors (Lipinski definition) is 1. The highest BCUT2D eigenvalue weighted by molar-refractivity contribution is 7.91. The molecule has 0 saturated carbocycles. The lowest BCUT2D eigenvalue weighted by atomic mass is 10.2. The number of carbonyl (C=O) groups is 1. The van der Waals surface area contributed by atoms with Crippen LogP contribution in [0.5, 0.6) is 0 Å². The topological polar surface area (TPSA) is 74.7 Å². The number of rotatable bonds is 6. The maximum atomic E-state index is 12.3. The van der Waals surface area contributed by atoms with Gasteiger partial charge in [0.15, 0.2) is 0 Å². The minimum absolute atomic E-state index is 0.266. The maximum absolute atomic E-state index is 12.3. The Labute approximate surface area is 115 Å². The summed E-state index contributed by atoms with van der Waals surface area (Å²) in [6, 6.07) is 4.26. The van der Waals surface area contributed by atoms with E-state index in [2.05, 4.69) is 0 Å². The quantitative estimate of drug-likeness (QED) is 0.864. The van der Waals surface area contributed by atoms with Crippen molar-refractivity contribution >= 4 is 15.8 Å². The second-order valence-corrected chi connectivity index (χ2v) is 6.30. The van der Waals surface area contributed by atoms with Gasteiger partial charge in [-0.1, -0.05) is 12.1 Å². The summed E-state index contributed by atoms with van der Waals surface area (Å²) in [5.74, 6) is -4.44. The van der Waals surface area contributed by atoms with Crippen molar-refractivity contribution in [3.8, 4) is 0 Å². The van der Waals surface area contributed by atoms with E-state index in [-0.39, 0.29) is 6.54 Å². The van der Waals surface area contributed by atoms with Gasteiger partial charge in [-0.2, -0.15) is 8.78 Å². The van der Waals surface area contributed by atoms with Crippen molar-refractivity contribution < 1.29 is 27.1 Å². The van der Waals surface area contributed by atoms with Gasteiger partial charge in [-0.15, -0.1) is 0 Å². The Morgan fingerprint density at radius 2 is 1.80 bits per heavy atom. The summed E-state index contributed by atoms with van der Waals surface area (Å²) in [6.07, 6.45) is 0. The van der Waals surface area contributed by atoms with Gasteiger partial charge in [0.05, 0.1) is 4.90 Å². The number of carboxylic acids is 1. The smallest absolute Gasteiger partial charge is 0.341 e. The number of alkyl halides is 2. The standard InChI is InChI=1S/C12H15F2NO4S/c1-8(11(16)17)15(2)7-9-3-5-10(6-4-9)20(18,19)12(13)14/h3-6,8,12H,7H2,1-2H3,(H,16,17). The Hall–Kier alpha value is -1.54. The molecule has 0 saturated heterocycles. The molecule has 0 aliphatic heterocycles. The lowest BCUT2D eigenvalue weighted by Crippen LogP contribution is -2.35. The fourth-order valence-electron chi connectivity index (χ4n) is 1.50. The van der Waals surface area contributed by atoms with Crippen LogP contribution in [0.1, 0.15) is 12.5 Å². The number of nitrogens with zero attached hydrogens (tertiary/aromatic N) is 1. The first kappa shape index (κ1) is 16.5. The predicted octanol–water partition coefficient (Wildman–Crippen LogP) is 1.59. The van der Waals surface area contributed by atoms with Crippen molar-refractivity contribution in [3.05, 3.63) is 29.8 Å². The fraction of sp³-hybridized carbons (Fsp3) is 0.417. The molecule has 1 N–H and O–H groups in total. The number of benzene rings is 1. The van der Waals surface area contributed by atoms with E-state index in [4.69, 9.17) is 5.11 Å². The van der Waals surface area contributed by atoms with Crippen molar-refractivity contribution in [2.24, 2.45) is 0 Å². The zero-order chi connectivity index (χ0) is 15.5. The average molecular weight is 307 g/mol. The molecule has 1 rings (SSSR count). The number of likely N-dealkylation sites (N-methyl/N-ethyl adjacent to an activating group) is 1. The van der Waals surface area contributed by atoms with Crippen molar-refractivity contribution in [2.45, 2.75) is 30.2 Å². The molecule has 1 unspecified atom stereocenters. The first-order valence-electron chi connectivity index (χ1n) is 5.70. The average Bonchev–Trinajstić information content (AvgIpc) is 2.38. The highest BCUT2D eigenvalue weighted by Gasteiger charge is 2.26. The number of aliphatic carboxylic acids is 1. The molecule has 1 aromatic carbocycles. The number of sulfone groups is 1. The monoisotopic (exact) mass is 307 g/mol. The van der Waals surface area contributed by atoms with E-state index in [0.29, 0.717) is 5.56 Å². The SMILES string of the molecule is CC(C(=O)O)N(C)Cc1ccc(S(=O)(=O)C(F)F)cc1. The molecule has 0 aromatic heterocycles. The van der Waals surface area contributed by atoms with Gasteiger partial charge in [0.2, 0.25) is 9.84 Å². The molecule has 0 amide bonds. The van der Waals surface area contributed by atoms with Gasteiger partial charge in [0, 0.05) is 6.54 Å². The molecule has 0 fully saturated rings. The van der Waals surface area contributed by atoms with Crippen LogP contribution in [0.15, 0.2) is 29.2 Å². The molecule has 0 aliphatic carbocycles. The van der Waals surface area contributed by atoms with Gasteiger partial charge >= 0.3 is 11.7 Å². The van der Waals surface area contributed by atoms with Crippen LogP contribution in [0.2, 0.25) is 0 Å². The minimum Gasteiger partial charge on any atom is -0.480 e. The lowest BCUT2D eigenvalue weighted by molar-refractivity contribution is -0.142. The minimum atomic E-state index is -4.59. The van der Waals surface area contributed by atoms with Crippen molar-refractivity contribution in [1.82, 2.24) is 4.90 Å². The molecule has 0 aliphatic rings. The Bertz CT molecular complexity index is 572. The Balaban J connectivity index is 2.85. The highest BCUT2D eigenvalue weighted by Crippen LogP contribution is 2.19. The summed E-state index contributed by atoms with van der Waals surface area (Å²) in [4.78, 5) is 11.9. The third kappa shape index (κ3) is 3.73. The zero-order valence-corrected chi connectivity index (χ0v) is 11.8. The molecule has 5 nitrogen and oxygen atoms in total. The van der Waals surface area contributed by atoms with Gasteiger partial charge in [-0.25, -0.2) is 8.42 Å². The summed E-state index contributed by atoms with van der Waals surface area (Å²) in [5.41, 5.74) is 0.633. The molecule has 0 heterocycles. The van der Waals surface area contributed by atoms with Gasteiger partial charge in [-0.3, -0.25) is 9.69 Å². The van der Waals surface area contributed by atoms with Crippen molar-refractivity contribution in [2.75, 3.05) is 7.05 Å². The van der Waals surface area contributed by atoms with Crippen LogP contribution < -0.4 is 0 Å². The summed E-state index contributed by atoms with van der Waals surface area (Å²) < 4.78 is 47.1. The molecular formula is C12H15F2NO4S. The van der Waals surface area contributed by atoms with E-state index in [1.807, 2.05) is 0 Å². The number of halogens is 2. The first-order chi connectivity index (χ1) is 9.16. The Kier molecular flexibility index (Phi) is 5.18. The normalized spacial score (nSPS) is 13.7. The molecule has 1 aromatic rings. The summed E-state index contributed by atoms with van der Waals surface area (Å²) in [6.45, 7) is 1.78. The van der Waals surface area contributed by atoms with Crippen LogP contribution in [-0.4, -0.2) is 43.2 Å². The van der Waals surface area contributed by atoms with E-state index in [1.165, 1.54) is 19.1 Å². The Morgan fingerprint density at radius 1 is 1.30 bits per heavy atom. The van der Waals surface area contributed by atoms with Crippen molar-refractivity contribution in [1.29, 1.82) is 0 Å². The predicted molar refractivity (Wildman–Crippen MR) is 68.2 cm³/mol. The maximum Gasteiger partial charge on any atom is 0.341 e. The van der Waals surface area contributed by atoms with E-state index in [9.17, 15) is 22.0 Å². The van der Waals surface area contributed by atoms with Gasteiger partial charge in [-0.05, 0) is 31.7 Å². The Morgan fingerprint density at radius 3 is 2.20 bits per heavy atom. The van der Waals surface area contributed by atoms with Crippen LogP contribution >= 0.6 is 0 Å². The summed E-state index contributed by atoms with van der Waals surface area (Å²) in [7, 11) is -2.99. The van der Waals surface area contributed by atoms with Gasteiger partial charge in [0.25, 0.3) is 0 Å². The number of hydrogen-bond acceptors (Lipinski definition) is 4. The number of carboxylic acid groups (broad SMARTS) is 1. The van der Waals surface area contributed by atoms with Crippen LogP contribution in [0.3, 0.4) is 0 Å². The molecule has 20 heavy (non-hydrogen) atoms. The zero-order valence-electron chi connectivity index (χ0n) is 11.0. The second-order valence-electron chi connectivity index (χ2n) is 4.38. The van der Waals surface area contributed by atoms with E-state index in [1.54, 1.807) is 11.9 Å². The van der Waals surface area contributed by atoms with E-state index >= 15 is 0 Å². The van der Waals surface area contributed by atoms with E-state index in [0.717, 1.165) is 12.1 Å². The third-order valence-electron chi connectivity index (χ3n) is 2.94. The van der Waals surface area contributed by atoms with Gasteiger partial charge in [0.1, 0.15) is 6.04 Å². The van der Waals surface area contributed by atoms with Crippen LogP contribution in [0, 0.1) is 0 Å². The molecule has 0 radical (unpaired) electrons. The lowest BCUT2D eigenvalue weighted by Gasteiger charge is -2.21. The van der Waals surface area contributed by atoms with Crippen LogP contribution in [-0.2, 0) is 21.2 Å². The third-order valence-corrected chi connectivity index (χ3v) is 4.34. The summed E-state index contributed by atoms with van der Waals surface area (Å²) in [5, 5.41) is 8.84. The van der Waals surface area contributed by atoms with Crippen LogP contribution in [0.4, 0.5) is 8.78 Å². The van der Waals surface area contributed by atoms with Crippen molar-refractivity contribution in [3.63, 3.8) is 0 Å². The van der Waals surface area contributed by atoms with E-state index < -0.39 is 32.5 Å². The van der Waals surface area contributed by atoms with Crippen LogP contribution in [0.25, 0.3) is 0 Å². The molecule has 112 valence electrons. The molecule has 0 spiro atoms. The molecular weight excluding hydrogens is 292 g/mol. The first-order valence-corrected chi connectivity index (χ1v) is 7.25. The summed E-state index contributed by atoms with van der Waals surface area (Å²) >= 11 is 0.